The van der Waals surface area contributed by atoms with Gasteiger partial charge < -0.3 is 0 Å². The van der Waals surface area contributed by atoms with Gasteiger partial charge in [0.05, 0.1) is 33.9 Å². The lowest BCUT2D eigenvalue weighted by Crippen LogP contribution is -2.24. The molecule has 0 amide bonds. The minimum atomic E-state index is -2.11. The van der Waals surface area contributed by atoms with Gasteiger partial charge in [0, 0.05) is 12.8 Å². The third-order valence-electron chi connectivity index (χ3n) is 5.08. The molecule has 4 heteroatoms. The average molecular weight is 393 g/mol. The molecule has 0 bridgehead atoms. The molecule has 4 aromatic rings. The highest BCUT2D eigenvalue weighted by molar-refractivity contribution is 8.07. The molecule has 0 aliphatic carbocycles. The van der Waals surface area contributed by atoms with Gasteiger partial charge in [-0.15, -0.1) is 0 Å². The van der Waals surface area contributed by atoms with E-state index in [9.17, 15) is 0 Å². The molecule has 29 heavy (non-hydrogen) atoms. The molecule has 0 unspecified atom stereocenters. The van der Waals surface area contributed by atoms with Crippen molar-refractivity contribution in [1.29, 1.82) is 0 Å². The van der Waals surface area contributed by atoms with E-state index in [0.29, 0.717) is 6.16 Å². The number of hydrogen-bond donors (Lipinski definition) is 0. The van der Waals surface area contributed by atoms with E-state index < -0.39 is 7.14 Å². The second-order valence-electron chi connectivity index (χ2n) is 7.08. The third kappa shape index (κ3) is 4.31. The summed E-state index contributed by atoms with van der Waals surface area (Å²) >= 11 is 0. The monoisotopic (exact) mass is 393 g/mol. The zero-order valence-corrected chi connectivity index (χ0v) is 17.5. The Balaban J connectivity index is 1.74. The molecule has 4 rings (SSSR count). The maximum absolute atomic E-state index is 7.16. The van der Waals surface area contributed by atoms with E-state index in [0.717, 1.165) is 29.2 Å². The topological polar surface area (TPSA) is 25.8 Å². The normalized spacial score (nSPS) is 11.3. The van der Waals surface area contributed by atoms with Crippen LogP contribution in [0.2, 0.25) is 0 Å². The van der Waals surface area contributed by atoms with E-state index in [1.165, 1.54) is 10.6 Å². The summed E-state index contributed by atoms with van der Waals surface area (Å²) in [4.78, 5) is 9.67. The van der Waals surface area contributed by atoms with Crippen LogP contribution >= 0.6 is 7.14 Å². The van der Waals surface area contributed by atoms with Crippen LogP contribution in [0.25, 0.3) is 11.4 Å². The van der Waals surface area contributed by atoms with Gasteiger partial charge in [0.25, 0.3) is 0 Å². The minimum Gasteiger partial charge on any atom is -0.251 e. The zero-order chi connectivity index (χ0) is 20.1. The maximum atomic E-state index is 7.16. The van der Waals surface area contributed by atoms with Crippen LogP contribution in [0, 0.1) is 0 Å². The van der Waals surface area contributed by atoms with E-state index in [1.54, 1.807) is 0 Å². The fourth-order valence-electron chi connectivity index (χ4n) is 3.50. The number of pyridine rings is 2. The molecule has 2 aromatic heterocycles. The van der Waals surface area contributed by atoms with Crippen molar-refractivity contribution in [2.45, 2.75) is 19.5 Å². The Hall–Kier alpha value is -2.77. The van der Waals surface area contributed by atoms with Gasteiger partial charge in [-0.1, -0.05) is 55.5 Å². The van der Waals surface area contributed by atoms with Crippen LogP contribution in [0.1, 0.15) is 18.3 Å². The van der Waals surface area contributed by atoms with Crippen LogP contribution in [0.3, 0.4) is 0 Å². The van der Waals surface area contributed by atoms with Crippen LogP contribution in [-0.4, -0.2) is 17.5 Å². The van der Waals surface area contributed by atoms with Crippen LogP contribution in [-0.2, 0) is 12.6 Å². The zero-order valence-electron chi connectivity index (χ0n) is 16.6. The summed E-state index contributed by atoms with van der Waals surface area (Å²) in [6.07, 6.45) is 1.62. The van der Waals surface area contributed by atoms with E-state index in [-0.39, 0.29) is 0 Å². The highest BCUT2D eigenvalue weighted by Crippen LogP contribution is 2.54. The van der Waals surface area contributed by atoms with Crippen LogP contribution in [0.15, 0.2) is 97.1 Å². The summed E-state index contributed by atoms with van der Waals surface area (Å²) in [7, 11) is 5.06. The molecule has 2 heterocycles. The van der Waals surface area contributed by atoms with Crippen molar-refractivity contribution in [2.75, 3.05) is 0 Å². The Labute approximate surface area is 174 Å². The van der Waals surface area contributed by atoms with Crippen molar-refractivity contribution in [3.8, 4) is 11.4 Å². The smallest absolute Gasteiger partial charge is 0.251 e. The summed E-state index contributed by atoms with van der Waals surface area (Å²) in [6, 6.07) is 33.1. The van der Waals surface area contributed by atoms with E-state index >= 15 is 0 Å². The van der Waals surface area contributed by atoms with E-state index in [2.05, 4.69) is 73.7 Å². The minimum absolute atomic E-state index is 0.711. The van der Waals surface area contributed by atoms with Gasteiger partial charge in [-0.25, -0.2) is 4.98 Å². The van der Waals surface area contributed by atoms with E-state index in [4.69, 9.17) is 17.5 Å². The molecule has 0 saturated heterocycles. The SMILES string of the molecule is [B][P+](Cc1cccc(-c2cccc(CC)n2)n1)(c1ccccc1)c1ccccc1. The first-order valence-electron chi connectivity index (χ1n) is 9.89. The van der Waals surface area contributed by atoms with Crippen LogP contribution in [0.5, 0.6) is 0 Å². The lowest BCUT2D eigenvalue weighted by atomic mass is 10.2. The molecule has 0 fully saturated rings. The fourth-order valence-corrected chi connectivity index (χ4v) is 6.26. The quantitative estimate of drug-likeness (QED) is 0.342. The number of aromatic nitrogens is 2. The van der Waals surface area contributed by atoms with Crippen molar-refractivity contribution in [1.82, 2.24) is 9.97 Å². The predicted octanol–water partition coefficient (Wildman–Crippen LogP) is 4.96. The highest BCUT2D eigenvalue weighted by Gasteiger charge is 2.38. The summed E-state index contributed by atoms with van der Waals surface area (Å²) in [6.45, 7) is 2.11. The Morgan fingerprint density at radius 3 is 1.62 bits per heavy atom. The van der Waals surface area contributed by atoms with E-state index in [1.807, 2.05) is 30.3 Å². The Kier molecular flexibility index (Phi) is 5.88. The van der Waals surface area contributed by atoms with Gasteiger partial charge in [0.2, 0.25) is 0 Å². The molecule has 2 nitrogen and oxygen atoms in total. The molecule has 0 saturated carbocycles. The first kappa shape index (κ1) is 19.5. The molecule has 2 aromatic carbocycles. The Morgan fingerprint density at radius 1 is 0.621 bits per heavy atom. The highest BCUT2D eigenvalue weighted by atomic mass is 31.2. The second-order valence-corrected chi connectivity index (χ2v) is 10.2. The average Bonchev–Trinajstić information content (AvgIpc) is 2.80. The summed E-state index contributed by atoms with van der Waals surface area (Å²) in [5, 5.41) is 2.37. The summed E-state index contributed by atoms with van der Waals surface area (Å²) < 4.78 is 0. The van der Waals surface area contributed by atoms with Crippen molar-refractivity contribution in [3.05, 3.63) is 108 Å². The summed E-state index contributed by atoms with van der Waals surface area (Å²) in [5.74, 6) is 0. The lowest BCUT2D eigenvalue weighted by Gasteiger charge is -2.23. The van der Waals surface area contributed by atoms with Gasteiger partial charge in [-0.3, -0.25) is 4.98 Å². The Bertz CT molecular complexity index is 1040. The van der Waals surface area contributed by atoms with Crippen LogP contribution in [0.4, 0.5) is 0 Å². The standard InChI is InChI=1S/C25H23BN2P/c1-2-20-11-9-17-24(27-20)25-18-10-12-21(28-25)19-29(26,22-13-5-3-6-14-22)23-15-7-4-8-16-23/h3-18H,2,19H2,1H3/q+1. The number of aryl methyl sites for hydroxylation is 1. The molecular weight excluding hydrogens is 370 g/mol. The number of hydrogen-bond acceptors (Lipinski definition) is 2. The molecule has 0 aliphatic rings. The van der Waals surface area contributed by atoms with Gasteiger partial charge in [-0.2, -0.15) is 0 Å². The molecule has 0 N–H and O–H groups in total. The van der Waals surface area contributed by atoms with Crippen LogP contribution < -0.4 is 10.6 Å². The Morgan fingerprint density at radius 2 is 1.10 bits per heavy atom. The first-order chi connectivity index (χ1) is 14.2. The third-order valence-corrected chi connectivity index (χ3v) is 8.35. The van der Waals surface area contributed by atoms with Crippen molar-refractivity contribution in [3.63, 3.8) is 0 Å². The van der Waals surface area contributed by atoms with Gasteiger partial charge in [0.1, 0.15) is 0 Å². The fraction of sp³-hybridized carbons (Fsp3) is 0.120. The first-order valence-corrected chi connectivity index (χ1v) is 11.9. The van der Waals surface area contributed by atoms with Crippen molar-refractivity contribution < 1.29 is 0 Å². The predicted molar refractivity (Wildman–Crippen MR) is 125 cm³/mol. The summed E-state index contributed by atoms with van der Waals surface area (Å²) in [5.41, 5.74) is 3.87. The molecule has 0 aliphatic heterocycles. The number of rotatable bonds is 6. The molecule has 2 radical (unpaired) electrons. The van der Waals surface area contributed by atoms with Gasteiger partial charge in [0.15, 0.2) is 0 Å². The molecule has 140 valence electrons. The molecule has 0 spiro atoms. The molecular formula is C25H23BN2P+. The lowest BCUT2D eigenvalue weighted by molar-refractivity contribution is 1.03. The number of nitrogens with zero attached hydrogens (tertiary/aromatic N) is 2. The van der Waals surface area contributed by atoms with Gasteiger partial charge >= 0.3 is 7.57 Å². The maximum Gasteiger partial charge on any atom is 0.377 e. The second kappa shape index (κ2) is 8.72. The van der Waals surface area contributed by atoms with Gasteiger partial charge in [-0.05, 0) is 55.0 Å². The largest absolute Gasteiger partial charge is 0.377 e. The van der Waals surface area contributed by atoms with Crippen molar-refractivity contribution in [2.24, 2.45) is 0 Å². The molecule has 0 atom stereocenters. The van der Waals surface area contributed by atoms with Crippen molar-refractivity contribution >= 4 is 25.3 Å². The number of benzene rings is 2.